The van der Waals surface area contributed by atoms with Crippen LogP contribution in [0.15, 0.2) is 55.1 Å². The Morgan fingerprint density at radius 2 is 1.85 bits per heavy atom. The second-order valence-corrected chi connectivity index (χ2v) is 4.95. The molecule has 2 heterocycles. The molecule has 0 aliphatic carbocycles. The second-order valence-electron chi connectivity index (χ2n) is 4.95. The molecule has 3 aromatic rings. The van der Waals surface area contributed by atoms with Gasteiger partial charge in [-0.1, -0.05) is 0 Å². The number of halogens is 2. The van der Waals surface area contributed by atoms with Crippen LogP contribution in [0.5, 0.6) is 5.75 Å². The highest BCUT2D eigenvalue weighted by Crippen LogP contribution is 2.29. The number of anilines is 2. The van der Waals surface area contributed by atoms with Crippen LogP contribution in [0.25, 0.3) is 11.3 Å². The zero-order chi connectivity index (χ0) is 17.6. The number of nitrogens with zero attached hydrogens (tertiary/aromatic N) is 3. The summed E-state index contributed by atoms with van der Waals surface area (Å²) in [7, 11) is 1.49. The van der Waals surface area contributed by atoms with Gasteiger partial charge in [0.2, 0.25) is 0 Å². The Labute approximate surface area is 155 Å². The molecule has 0 saturated heterocycles. The van der Waals surface area contributed by atoms with E-state index in [1.807, 2.05) is 0 Å². The minimum Gasteiger partial charge on any atom is -0.496 e. The number of nitrogens with one attached hydrogen (secondary N) is 2. The van der Waals surface area contributed by atoms with E-state index in [1.165, 1.54) is 37.7 Å². The number of urea groups is 1. The summed E-state index contributed by atoms with van der Waals surface area (Å²) in [6, 6.07) is 8.49. The lowest BCUT2D eigenvalue weighted by molar-refractivity contribution is 0.262. The molecule has 0 saturated carbocycles. The highest BCUT2D eigenvalue weighted by molar-refractivity contribution is 5.99. The fraction of sp³-hybridized carbons (Fsp3) is 0.0588. The summed E-state index contributed by atoms with van der Waals surface area (Å²) in [5.74, 6) is 0.314. The van der Waals surface area contributed by atoms with Crippen LogP contribution in [0.2, 0.25) is 0 Å². The summed E-state index contributed by atoms with van der Waals surface area (Å²) in [4.78, 5) is 24.0. The third-order valence-corrected chi connectivity index (χ3v) is 3.28. The van der Waals surface area contributed by atoms with Gasteiger partial charge in [-0.05, 0) is 30.3 Å². The van der Waals surface area contributed by atoms with Gasteiger partial charge in [-0.2, -0.15) is 0 Å². The molecule has 0 fully saturated rings. The summed E-state index contributed by atoms with van der Waals surface area (Å²) in [5, 5.41) is 5.24. The first-order chi connectivity index (χ1) is 12.2. The molecular weight excluding hydrogens is 361 g/mol. The van der Waals surface area contributed by atoms with Crippen molar-refractivity contribution in [3.8, 4) is 17.0 Å². The van der Waals surface area contributed by atoms with Crippen molar-refractivity contribution in [3.05, 3.63) is 60.9 Å². The van der Waals surface area contributed by atoms with Crippen LogP contribution < -0.4 is 15.4 Å². The van der Waals surface area contributed by atoms with E-state index in [1.54, 1.807) is 24.5 Å². The smallest absolute Gasteiger partial charge is 0.324 e. The Hall–Kier alpha value is -3.26. The Morgan fingerprint density at radius 1 is 1.08 bits per heavy atom. The number of rotatable bonds is 4. The lowest BCUT2D eigenvalue weighted by Crippen LogP contribution is -2.20. The third-order valence-electron chi connectivity index (χ3n) is 3.28. The molecule has 2 aromatic heterocycles. The first-order valence-corrected chi connectivity index (χ1v) is 7.29. The van der Waals surface area contributed by atoms with Crippen molar-refractivity contribution in [2.75, 3.05) is 17.7 Å². The summed E-state index contributed by atoms with van der Waals surface area (Å²) >= 11 is 0. The maximum atomic E-state index is 13.5. The molecule has 0 unspecified atom stereocenters. The van der Waals surface area contributed by atoms with Gasteiger partial charge in [0.25, 0.3) is 0 Å². The van der Waals surface area contributed by atoms with E-state index in [0.717, 1.165) is 0 Å². The van der Waals surface area contributed by atoms with Crippen LogP contribution in [-0.2, 0) is 0 Å². The monoisotopic (exact) mass is 375 g/mol. The molecule has 2 amide bonds. The topological polar surface area (TPSA) is 89.0 Å². The van der Waals surface area contributed by atoms with E-state index in [9.17, 15) is 9.18 Å². The third kappa shape index (κ3) is 4.64. The first kappa shape index (κ1) is 19.1. The van der Waals surface area contributed by atoms with Crippen LogP contribution in [0.3, 0.4) is 0 Å². The van der Waals surface area contributed by atoms with Crippen LogP contribution in [0, 0.1) is 5.82 Å². The molecule has 9 heteroatoms. The predicted octanol–water partition coefficient (Wildman–Crippen LogP) is 3.75. The van der Waals surface area contributed by atoms with Gasteiger partial charge in [-0.15, -0.1) is 12.4 Å². The Balaban J connectivity index is 0.00000243. The number of methoxy groups -OCH3 is 1. The number of hydrogen-bond acceptors (Lipinski definition) is 5. The van der Waals surface area contributed by atoms with Crippen molar-refractivity contribution >= 4 is 29.9 Å². The summed E-state index contributed by atoms with van der Waals surface area (Å²) < 4.78 is 18.8. The van der Waals surface area contributed by atoms with Crippen LogP contribution >= 0.6 is 12.4 Å². The van der Waals surface area contributed by atoms with Crippen LogP contribution in [-0.4, -0.2) is 28.1 Å². The molecule has 0 spiro atoms. The normalized spacial score (nSPS) is 9.77. The average molecular weight is 376 g/mol. The zero-order valence-electron chi connectivity index (χ0n) is 13.6. The molecule has 134 valence electrons. The number of pyridine rings is 1. The van der Waals surface area contributed by atoms with E-state index in [0.29, 0.717) is 22.7 Å². The van der Waals surface area contributed by atoms with Gasteiger partial charge in [0.15, 0.2) is 0 Å². The molecule has 7 nitrogen and oxygen atoms in total. The molecule has 0 aliphatic heterocycles. The first-order valence-electron chi connectivity index (χ1n) is 7.29. The van der Waals surface area contributed by atoms with Crippen LogP contribution in [0.4, 0.5) is 20.7 Å². The van der Waals surface area contributed by atoms with Gasteiger partial charge in [0, 0.05) is 29.7 Å². The molecule has 0 atom stereocenters. The molecule has 0 radical (unpaired) electrons. The molecule has 3 rings (SSSR count). The van der Waals surface area contributed by atoms with Gasteiger partial charge in [-0.25, -0.2) is 19.2 Å². The van der Waals surface area contributed by atoms with Gasteiger partial charge in [0.05, 0.1) is 12.8 Å². The number of carbonyl (C=O) groups excluding carboxylic acids is 1. The quantitative estimate of drug-likeness (QED) is 0.724. The predicted molar refractivity (Wildman–Crippen MR) is 98.1 cm³/mol. The maximum Gasteiger partial charge on any atom is 0.324 e. The molecular formula is C17H15ClFN5O2. The van der Waals surface area contributed by atoms with E-state index in [4.69, 9.17) is 4.74 Å². The lowest BCUT2D eigenvalue weighted by atomic mass is 10.1. The lowest BCUT2D eigenvalue weighted by Gasteiger charge is -2.10. The van der Waals surface area contributed by atoms with Gasteiger partial charge in [0.1, 0.15) is 23.7 Å². The molecule has 1 aromatic carbocycles. The maximum absolute atomic E-state index is 13.5. The van der Waals surface area contributed by atoms with Gasteiger partial charge < -0.3 is 10.1 Å². The number of aromatic nitrogens is 3. The number of amides is 2. The molecule has 0 aliphatic rings. The Morgan fingerprint density at radius 3 is 2.58 bits per heavy atom. The van der Waals surface area contributed by atoms with Crippen molar-refractivity contribution in [2.45, 2.75) is 0 Å². The summed E-state index contributed by atoms with van der Waals surface area (Å²) in [6.45, 7) is 0. The van der Waals surface area contributed by atoms with Crippen LogP contribution in [0.1, 0.15) is 0 Å². The van der Waals surface area contributed by atoms with E-state index >= 15 is 0 Å². The second kappa shape index (κ2) is 8.72. The van der Waals surface area contributed by atoms with Crippen molar-refractivity contribution < 1.29 is 13.9 Å². The summed E-state index contributed by atoms with van der Waals surface area (Å²) in [6.07, 6.45) is 4.41. The van der Waals surface area contributed by atoms with Crippen molar-refractivity contribution in [2.24, 2.45) is 0 Å². The Bertz CT molecular complexity index is 895. The zero-order valence-corrected chi connectivity index (χ0v) is 14.5. The van der Waals surface area contributed by atoms with Gasteiger partial charge in [-0.3, -0.25) is 10.3 Å². The average Bonchev–Trinajstić information content (AvgIpc) is 2.62. The minimum atomic E-state index is -0.470. The highest BCUT2D eigenvalue weighted by Gasteiger charge is 2.11. The Kier molecular flexibility index (Phi) is 6.40. The summed E-state index contributed by atoms with van der Waals surface area (Å²) in [5.41, 5.74) is 1.47. The van der Waals surface area contributed by atoms with Gasteiger partial charge >= 0.3 is 6.03 Å². The molecule has 2 N–H and O–H groups in total. The fourth-order valence-corrected chi connectivity index (χ4v) is 2.17. The SMILES string of the molecule is COc1ccc(F)cc1-c1cc(NC(=O)Nc2ccncc2)ncn1.Cl. The van der Waals surface area contributed by atoms with Crippen molar-refractivity contribution in [1.82, 2.24) is 15.0 Å². The number of ether oxygens (including phenoxy) is 1. The van der Waals surface area contributed by atoms with E-state index in [-0.39, 0.29) is 18.2 Å². The highest BCUT2D eigenvalue weighted by atomic mass is 35.5. The van der Waals surface area contributed by atoms with E-state index in [2.05, 4.69) is 25.6 Å². The largest absolute Gasteiger partial charge is 0.496 e. The molecule has 0 bridgehead atoms. The number of carbonyl (C=O) groups is 1. The van der Waals surface area contributed by atoms with Crippen molar-refractivity contribution in [3.63, 3.8) is 0 Å². The molecule has 26 heavy (non-hydrogen) atoms. The van der Waals surface area contributed by atoms with E-state index < -0.39 is 11.8 Å². The fourth-order valence-electron chi connectivity index (χ4n) is 2.17. The number of benzene rings is 1. The van der Waals surface area contributed by atoms with Crippen molar-refractivity contribution in [1.29, 1.82) is 0 Å². The standard InChI is InChI=1S/C17H14FN5O2.ClH/c1-25-15-3-2-11(18)8-13(15)14-9-16(21-10-20-14)23-17(24)22-12-4-6-19-7-5-12;/h2-10H,1H3,(H2,19,20,21,22,23,24);1H. The minimum absolute atomic E-state index is 0. The number of hydrogen-bond donors (Lipinski definition) is 2.